The lowest BCUT2D eigenvalue weighted by Gasteiger charge is -2.04. The van der Waals surface area contributed by atoms with E-state index in [1.165, 1.54) is 0 Å². The highest BCUT2D eigenvalue weighted by Crippen LogP contribution is 2.21. The van der Waals surface area contributed by atoms with Gasteiger partial charge in [-0.2, -0.15) is 0 Å². The number of aryl methyl sites for hydroxylation is 2. The molecule has 0 aliphatic heterocycles. The first-order chi connectivity index (χ1) is 11.1. The number of hydrogen-bond acceptors (Lipinski definition) is 5. The van der Waals surface area contributed by atoms with Crippen molar-refractivity contribution < 1.29 is 9.32 Å². The van der Waals surface area contributed by atoms with E-state index in [-0.39, 0.29) is 5.91 Å². The topological polar surface area (TPSA) is 68.0 Å². The molecule has 0 radical (unpaired) electrons. The highest BCUT2D eigenvalue weighted by molar-refractivity contribution is 7.09. The molecule has 0 aliphatic carbocycles. The molecule has 2 heterocycles. The summed E-state index contributed by atoms with van der Waals surface area (Å²) in [6, 6.07) is 9.88. The standard InChI is InChI=1S/C17H17N3O2S/c1-11-9-15(20-22-11)17(21)18-8-7-13-3-5-14(6-4-13)16-10-23-12(2)19-16/h3-6,9-10H,7-8H2,1-2H3,(H,18,21). The maximum atomic E-state index is 11.8. The second-order valence-electron chi connectivity index (χ2n) is 5.28. The summed E-state index contributed by atoms with van der Waals surface area (Å²) < 4.78 is 4.89. The van der Waals surface area contributed by atoms with E-state index in [1.54, 1.807) is 24.3 Å². The van der Waals surface area contributed by atoms with Crippen molar-refractivity contribution in [3.05, 3.63) is 57.7 Å². The summed E-state index contributed by atoms with van der Waals surface area (Å²) in [5, 5.41) is 9.66. The van der Waals surface area contributed by atoms with Gasteiger partial charge in [-0.1, -0.05) is 29.4 Å². The number of benzene rings is 1. The highest BCUT2D eigenvalue weighted by atomic mass is 32.1. The van der Waals surface area contributed by atoms with E-state index >= 15 is 0 Å². The van der Waals surface area contributed by atoms with Crippen LogP contribution in [0.25, 0.3) is 11.3 Å². The summed E-state index contributed by atoms with van der Waals surface area (Å²) in [5.41, 5.74) is 3.60. The van der Waals surface area contributed by atoms with Gasteiger partial charge in [0.1, 0.15) is 5.76 Å². The maximum absolute atomic E-state index is 11.8. The van der Waals surface area contributed by atoms with Gasteiger partial charge in [-0.25, -0.2) is 4.98 Å². The molecule has 118 valence electrons. The first-order valence-electron chi connectivity index (χ1n) is 7.35. The summed E-state index contributed by atoms with van der Waals surface area (Å²) in [6.45, 7) is 4.32. The summed E-state index contributed by atoms with van der Waals surface area (Å²) in [7, 11) is 0. The van der Waals surface area contributed by atoms with Gasteiger partial charge in [-0.05, 0) is 25.8 Å². The molecule has 0 unspecified atom stereocenters. The van der Waals surface area contributed by atoms with E-state index < -0.39 is 0 Å². The molecule has 1 N–H and O–H groups in total. The molecule has 0 atom stereocenters. The van der Waals surface area contributed by atoms with E-state index in [4.69, 9.17) is 4.52 Å². The van der Waals surface area contributed by atoms with Crippen molar-refractivity contribution in [1.82, 2.24) is 15.5 Å². The van der Waals surface area contributed by atoms with Gasteiger partial charge in [-0.3, -0.25) is 4.79 Å². The lowest BCUT2D eigenvalue weighted by Crippen LogP contribution is -2.25. The Kier molecular flexibility index (Phi) is 4.52. The molecule has 3 aromatic rings. The third-order valence-corrected chi connectivity index (χ3v) is 4.20. The van der Waals surface area contributed by atoms with Crippen LogP contribution in [0.15, 0.2) is 40.2 Å². The Morgan fingerprint density at radius 3 is 2.65 bits per heavy atom. The normalized spacial score (nSPS) is 10.7. The van der Waals surface area contributed by atoms with Crippen molar-refractivity contribution in [3.63, 3.8) is 0 Å². The fourth-order valence-corrected chi connectivity index (χ4v) is 2.84. The molecule has 0 saturated heterocycles. The van der Waals surface area contributed by atoms with E-state index in [9.17, 15) is 4.79 Å². The van der Waals surface area contributed by atoms with Crippen molar-refractivity contribution in [2.45, 2.75) is 20.3 Å². The Hall–Kier alpha value is -2.47. The van der Waals surface area contributed by atoms with E-state index in [2.05, 4.69) is 45.1 Å². The average Bonchev–Trinajstić information content (AvgIpc) is 3.16. The van der Waals surface area contributed by atoms with Gasteiger partial charge in [0, 0.05) is 23.6 Å². The number of hydrogen-bond donors (Lipinski definition) is 1. The van der Waals surface area contributed by atoms with Crippen LogP contribution in [0.2, 0.25) is 0 Å². The zero-order valence-corrected chi connectivity index (χ0v) is 13.8. The molecule has 23 heavy (non-hydrogen) atoms. The predicted molar refractivity (Wildman–Crippen MR) is 89.6 cm³/mol. The number of nitrogens with one attached hydrogen (secondary N) is 1. The molecule has 5 nitrogen and oxygen atoms in total. The third-order valence-electron chi connectivity index (χ3n) is 3.43. The van der Waals surface area contributed by atoms with Crippen LogP contribution in [0.4, 0.5) is 0 Å². The highest BCUT2D eigenvalue weighted by Gasteiger charge is 2.10. The number of rotatable bonds is 5. The molecule has 1 amide bonds. The summed E-state index contributed by atoms with van der Waals surface area (Å²) in [5.74, 6) is 0.416. The number of aromatic nitrogens is 2. The quantitative estimate of drug-likeness (QED) is 0.780. The smallest absolute Gasteiger partial charge is 0.273 e. The van der Waals surface area contributed by atoms with Crippen LogP contribution in [-0.4, -0.2) is 22.6 Å². The zero-order chi connectivity index (χ0) is 16.2. The van der Waals surface area contributed by atoms with Crippen LogP contribution in [0, 0.1) is 13.8 Å². The summed E-state index contributed by atoms with van der Waals surface area (Å²) in [4.78, 5) is 16.3. The average molecular weight is 327 g/mol. The summed E-state index contributed by atoms with van der Waals surface area (Å²) >= 11 is 1.65. The Labute approximate surface area is 138 Å². The molecule has 2 aromatic heterocycles. The van der Waals surface area contributed by atoms with Crippen molar-refractivity contribution in [1.29, 1.82) is 0 Å². The van der Waals surface area contributed by atoms with Crippen LogP contribution in [0.1, 0.15) is 26.8 Å². The number of amides is 1. The summed E-state index contributed by atoms with van der Waals surface area (Å²) in [6.07, 6.45) is 0.763. The van der Waals surface area contributed by atoms with Gasteiger partial charge in [0.05, 0.1) is 10.7 Å². The molecular formula is C17H17N3O2S. The number of nitrogens with zero attached hydrogens (tertiary/aromatic N) is 2. The van der Waals surface area contributed by atoms with Gasteiger partial charge >= 0.3 is 0 Å². The van der Waals surface area contributed by atoms with Gasteiger partial charge in [-0.15, -0.1) is 11.3 Å². The first-order valence-corrected chi connectivity index (χ1v) is 8.23. The number of thiazole rings is 1. The van der Waals surface area contributed by atoms with E-state index in [0.717, 1.165) is 28.2 Å². The maximum Gasteiger partial charge on any atom is 0.273 e. The lowest BCUT2D eigenvalue weighted by molar-refractivity contribution is 0.0945. The van der Waals surface area contributed by atoms with Crippen molar-refractivity contribution in [2.75, 3.05) is 6.54 Å². The van der Waals surface area contributed by atoms with Crippen LogP contribution in [0.3, 0.4) is 0 Å². The van der Waals surface area contributed by atoms with Gasteiger partial charge in [0.15, 0.2) is 5.69 Å². The van der Waals surface area contributed by atoms with Crippen LogP contribution >= 0.6 is 11.3 Å². The SMILES string of the molecule is Cc1cc(C(=O)NCCc2ccc(-c3csc(C)n3)cc2)no1. The van der Waals surface area contributed by atoms with Crippen molar-refractivity contribution in [2.24, 2.45) is 0 Å². The molecule has 0 spiro atoms. The second-order valence-corrected chi connectivity index (χ2v) is 6.34. The number of carbonyl (C=O) groups is 1. The Morgan fingerprint density at radius 2 is 2.04 bits per heavy atom. The van der Waals surface area contributed by atoms with Crippen LogP contribution < -0.4 is 5.32 Å². The zero-order valence-electron chi connectivity index (χ0n) is 13.0. The molecule has 0 aliphatic rings. The third kappa shape index (κ3) is 3.84. The number of carbonyl (C=O) groups excluding carboxylic acids is 1. The van der Waals surface area contributed by atoms with Crippen LogP contribution in [-0.2, 0) is 6.42 Å². The predicted octanol–water partition coefficient (Wildman–Crippen LogP) is 3.39. The van der Waals surface area contributed by atoms with Crippen molar-refractivity contribution >= 4 is 17.2 Å². The Bertz CT molecular complexity index is 805. The van der Waals surface area contributed by atoms with Crippen LogP contribution in [0.5, 0.6) is 0 Å². The molecule has 0 saturated carbocycles. The Balaban J connectivity index is 1.53. The molecule has 0 fully saturated rings. The fraction of sp³-hybridized carbons (Fsp3) is 0.235. The molecule has 6 heteroatoms. The fourth-order valence-electron chi connectivity index (χ4n) is 2.22. The minimum absolute atomic E-state index is 0.212. The molecular weight excluding hydrogens is 310 g/mol. The minimum atomic E-state index is -0.212. The largest absolute Gasteiger partial charge is 0.361 e. The van der Waals surface area contributed by atoms with Crippen molar-refractivity contribution in [3.8, 4) is 11.3 Å². The van der Waals surface area contributed by atoms with Gasteiger partial charge in [0.2, 0.25) is 0 Å². The van der Waals surface area contributed by atoms with Gasteiger partial charge < -0.3 is 9.84 Å². The van der Waals surface area contributed by atoms with Gasteiger partial charge in [0.25, 0.3) is 5.91 Å². The molecule has 1 aromatic carbocycles. The first kappa shape index (κ1) is 15.4. The molecule has 3 rings (SSSR count). The Morgan fingerprint density at radius 1 is 1.26 bits per heavy atom. The second kappa shape index (κ2) is 6.75. The minimum Gasteiger partial charge on any atom is -0.361 e. The monoisotopic (exact) mass is 327 g/mol. The lowest BCUT2D eigenvalue weighted by atomic mass is 10.1. The van der Waals surface area contributed by atoms with E-state index in [0.29, 0.717) is 18.0 Å². The van der Waals surface area contributed by atoms with E-state index in [1.807, 2.05) is 6.92 Å². The molecule has 0 bridgehead atoms.